The van der Waals surface area contributed by atoms with Crippen molar-refractivity contribution in [3.8, 4) is 0 Å². The van der Waals surface area contributed by atoms with Crippen LogP contribution in [0.2, 0.25) is 0 Å². The third-order valence-corrected chi connectivity index (χ3v) is 3.74. The predicted molar refractivity (Wildman–Crippen MR) is 81.0 cm³/mol. The molecule has 20 heavy (non-hydrogen) atoms. The minimum absolute atomic E-state index is 0.0417. The molecule has 2 unspecified atom stereocenters. The Balaban J connectivity index is 1.94. The van der Waals surface area contributed by atoms with Crippen molar-refractivity contribution < 1.29 is 9.53 Å². The van der Waals surface area contributed by atoms with Crippen molar-refractivity contribution in [3.05, 3.63) is 29.3 Å². The Bertz CT molecular complexity index is 477. The molecular formula is C16H24N2O2. The van der Waals surface area contributed by atoms with Crippen molar-refractivity contribution in [2.45, 2.75) is 39.9 Å². The zero-order chi connectivity index (χ0) is 14.7. The number of nitrogens with zero attached hydrogens (tertiary/aromatic N) is 1. The molecule has 0 bridgehead atoms. The Kier molecular flexibility index (Phi) is 4.78. The van der Waals surface area contributed by atoms with E-state index in [0.29, 0.717) is 6.54 Å². The van der Waals surface area contributed by atoms with Gasteiger partial charge in [0.15, 0.2) is 0 Å². The highest BCUT2D eigenvalue weighted by Gasteiger charge is 2.23. The maximum absolute atomic E-state index is 12.2. The van der Waals surface area contributed by atoms with Crippen LogP contribution in [0.5, 0.6) is 0 Å². The van der Waals surface area contributed by atoms with Crippen LogP contribution in [0.25, 0.3) is 0 Å². The van der Waals surface area contributed by atoms with E-state index in [-0.39, 0.29) is 18.1 Å². The molecule has 1 saturated heterocycles. The van der Waals surface area contributed by atoms with Crippen LogP contribution >= 0.6 is 0 Å². The van der Waals surface area contributed by atoms with E-state index < -0.39 is 0 Å². The van der Waals surface area contributed by atoms with E-state index in [9.17, 15) is 4.79 Å². The summed E-state index contributed by atoms with van der Waals surface area (Å²) in [5.41, 5.74) is 3.23. The molecule has 1 aromatic carbocycles. The minimum Gasteiger partial charge on any atom is -0.373 e. The fourth-order valence-electron chi connectivity index (χ4n) is 2.69. The molecule has 1 aliphatic rings. The lowest BCUT2D eigenvalue weighted by Gasteiger charge is -2.34. The van der Waals surface area contributed by atoms with Gasteiger partial charge in [0.2, 0.25) is 5.91 Å². The summed E-state index contributed by atoms with van der Waals surface area (Å²) < 4.78 is 5.68. The molecule has 1 aliphatic heterocycles. The first kappa shape index (κ1) is 15.0. The van der Waals surface area contributed by atoms with Gasteiger partial charge in [-0.1, -0.05) is 12.1 Å². The molecule has 2 atom stereocenters. The van der Waals surface area contributed by atoms with Crippen LogP contribution < -0.4 is 5.32 Å². The molecule has 110 valence electrons. The van der Waals surface area contributed by atoms with Gasteiger partial charge >= 0.3 is 0 Å². The van der Waals surface area contributed by atoms with E-state index in [2.05, 4.69) is 23.2 Å². The number of carbonyl (C=O) groups excluding carboxylic acids is 1. The Morgan fingerprint density at radius 2 is 1.95 bits per heavy atom. The largest absolute Gasteiger partial charge is 0.373 e. The van der Waals surface area contributed by atoms with E-state index >= 15 is 0 Å². The van der Waals surface area contributed by atoms with Crippen molar-refractivity contribution in [2.75, 3.05) is 25.0 Å². The third-order valence-electron chi connectivity index (χ3n) is 3.74. The highest BCUT2D eigenvalue weighted by atomic mass is 16.5. The lowest BCUT2D eigenvalue weighted by Crippen LogP contribution is -2.48. The molecule has 2 rings (SSSR count). The Morgan fingerprint density at radius 1 is 1.30 bits per heavy atom. The average molecular weight is 276 g/mol. The quantitative estimate of drug-likeness (QED) is 0.921. The van der Waals surface area contributed by atoms with Gasteiger partial charge in [0.05, 0.1) is 18.8 Å². The smallest absolute Gasteiger partial charge is 0.238 e. The van der Waals surface area contributed by atoms with Crippen LogP contribution in [0.15, 0.2) is 18.2 Å². The molecule has 4 heteroatoms. The van der Waals surface area contributed by atoms with Gasteiger partial charge < -0.3 is 10.1 Å². The van der Waals surface area contributed by atoms with E-state index in [1.807, 2.05) is 32.9 Å². The highest BCUT2D eigenvalue weighted by Crippen LogP contribution is 2.18. The average Bonchev–Trinajstić information content (AvgIpc) is 2.33. The zero-order valence-electron chi connectivity index (χ0n) is 12.8. The molecule has 1 N–H and O–H groups in total. The molecule has 1 amide bonds. The SMILES string of the molecule is Cc1cccc(NC(=O)CN2CC(C)OC(C)C2)c1C. The molecule has 1 heterocycles. The number of benzene rings is 1. The molecule has 0 saturated carbocycles. The molecule has 0 aromatic heterocycles. The summed E-state index contributed by atoms with van der Waals surface area (Å²) in [5, 5.41) is 3.01. The number of hydrogen-bond acceptors (Lipinski definition) is 3. The predicted octanol–water partition coefficient (Wildman–Crippen LogP) is 2.35. The number of anilines is 1. The van der Waals surface area contributed by atoms with E-state index in [1.54, 1.807) is 0 Å². The summed E-state index contributed by atoms with van der Waals surface area (Å²) in [4.78, 5) is 14.3. The topological polar surface area (TPSA) is 41.6 Å². The van der Waals surface area contributed by atoms with Gasteiger partial charge in [0.1, 0.15) is 0 Å². The molecule has 4 nitrogen and oxygen atoms in total. The van der Waals surface area contributed by atoms with Crippen LogP contribution in [0, 0.1) is 13.8 Å². The lowest BCUT2D eigenvalue weighted by atomic mass is 10.1. The minimum atomic E-state index is 0.0417. The molecular weight excluding hydrogens is 252 g/mol. The Morgan fingerprint density at radius 3 is 2.60 bits per heavy atom. The number of ether oxygens (including phenoxy) is 1. The summed E-state index contributed by atoms with van der Waals surface area (Å²) >= 11 is 0. The summed E-state index contributed by atoms with van der Waals surface area (Å²) in [6.45, 7) is 10.2. The maximum atomic E-state index is 12.2. The molecule has 1 fully saturated rings. The van der Waals surface area contributed by atoms with Crippen LogP contribution in [-0.4, -0.2) is 42.6 Å². The lowest BCUT2D eigenvalue weighted by molar-refractivity contribution is -0.121. The first-order chi connectivity index (χ1) is 9.45. The van der Waals surface area contributed by atoms with Gasteiger partial charge in [-0.25, -0.2) is 0 Å². The van der Waals surface area contributed by atoms with E-state index in [0.717, 1.165) is 24.3 Å². The van der Waals surface area contributed by atoms with Gasteiger partial charge in [-0.2, -0.15) is 0 Å². The van der Waals surface area contributed by atoms with E-state index in [4.69, 9.17) is 4.74 Å². The van der Waals surface area contributed by atoms with Crippen molar-refractivity contribution in [2.24, 2.45) is 0 Å². The number of rotatable bonds is 3. The van der Waals surface area contributed by atoms with E-state index in [1.165, 1.54) is 5.56 Å². The standard InChI is InChI=1S/C16H24N2O2/c1-11-6-5-7-15(14(11)4)17-16(19)10-18-8-12(2)20-13(3)9-18/h5-7,12-13H,8-10H2,1-4H3,(H,17,19). The Labute approximate surface area is 121 Å². The summed E-state index contributed by atoms with van der Waals surface area (Å²) in [6.07, 6.45) is 0.375. The van der Waals surface area contributed by atoms with Crippen molar-refractivity contribution >= 4 is 11.6 Å². The van der Waals surface area contributed by atoms with Crippen molar-refractivity contribution in [3.63, 3.8) is 0 Å². The number of hydrogen-bond donors (Lipinski definition) is 1. The van der Waals surface area contributed by atoms with Crippen molar-refractivity contribution in [1.29, 1.82) is 0 Å². The zero-order valence-corrected chi connectivity index (χ0v) is 12.8. The fourth-order valence-corrected chi connectivity index (χ4v) is 2.69. The Hall–Kier alpha value is -1.39. The molecule has 0 spiro atoms. The number of nitrogens with one attached hydrogen (secondary N) is 1. The first-order valence-corrected chi connectivity index (χ1v) is 7.19. The van der Waals surface area contributed by atoms with Crippen molar-refractivity contribution in [1.82, 2.24) is 4.90 Å². The highest BCUT2D eigenvalue weighted by molar-refractivity contribution is 5.93. The summed E-state index contributed by atoms with van der Waals surface area (Å²) in [7, 11) is 0. The maximum Gasteiger partial charge on any atom is 0.238 e. The number of morpholine rings is 1. The van der Waals surface area contributed by atoms with Crippen LogP contribution in [0.1, 0.15) is 25.0 Å². The molecule has 0 radical (unpaired) electrons. The van der Waals surface area contributed by atoms with Gasteiger partial charge in [0, 0.05) is 18.8 Å². The van der Waals surface area contributed by atoms with Gasteiger partial charge in [-0.15, -0.1) is 0 Å². The third kappa shape index (κ3) is 3.81. The normalized spacial score (nSPS) is 23.6. The van der Waals surface area contributed by atoms with Crippen LogP contribution in [0.4, 0.5) is 5.69 Å². The van der Waals surface area contributed by atoms with Gasteiger partial charge in [-0.05, 0) is 44.9 Å². The number of aryl methyl sites for hydroxylation is 1. The number of carbonyl (C=O) groups is 1. The monoisotopic (exact) mass is 276 g/mol. The summed E-state index contributed by atoms with van der Waals surface area (Å²) in [6, 6.07) is 5.97. The van der Waals surface area contributed by atoms with Gasteiger partial charge in [0.25, 0.3) is 0 Å². The molecule has 0 aliphatic carbocycles. The first-order valence-electron chi connectivity index (χ1n) is 7.19. The molecule has 1 aromatic rings. The van der Waals surface area contributed by atoms with Crippen LogP contribution in [-0.2, 0) is 9.53 Å². The summed E-state index contributed by atoms with van der Waals surface area (Å²) in [5.74, 6) is 0.0417. The van der Waals surface area contributed by atoms with Crippen LogP contribution in [0.3, 0.4) is 0 Å². The fraction of sp³-hybridized carbons (Fsp3) is 0.562. The second-order valence-electron chi connectivity index (χ2n) is 5.75. The second kappa shape index (κ2) is 6.37. The number of amides is 1. The van der Waals surface area contributed by atoms with Gasteiger partial charge in [-0.3, -0.25) is 9.69 Å². The second-order valence-corrected chi connectivity index (χ2v) is 5.75.